The van der Waals surface area contributed by atoms with Crippen molar-refractivity contribution in [1.29, 1.82) is 0 Å². The van der Waals surface area contributed by atoms with Crippen molar-refractivity contribution in [3.63, 3.8) is 0 Å². The monoisotopic (exact) mass is 311 g/mol. The first kappa shape index (κ1) is 15.0. The molecule has 2 aromatic carbocycles. The summed E-state index contributed by atoms with van der Waals surface area (Å²) in [5.74, 6) is -0.362. The molecule has 1 aliphatic heterocycles. The number of aromatic hydroxyl groups is 1. The number of carbonyl (C=O) groups is 2. The number of carbonyl (C=O) groups excluding carboxylic acids is 2. The molecule has 0 aliphatic carbocycles. The molecule has 0 bridgehead atoms. The fourth-order valence-corrected chi connectivity index (χ4v) is 2.55. The van der Waals surface area contributed by atoms with Gasteiger partial charge >= 0.3 is 6.03 Å². The quantitative estimate of drug-likeness (QED) is 0.675. The summed E-state index contributed by atoms with van der Waals surface area (Å²) in [5, 5.41) is 19.2. The van der Waals surface area contributed by atoms with E-state index in [2.05, 4.69) is 10.4 Å². The first-order valence-electron chi connectivity index (χ1n) is 7.37. The summed E-state index contributed by atoms with van der Waals surface area (Å²) in [6.45, 7) is 3.49. The lowest BCUT2D eigenvalue weighted by molar-refractivity contribution is -0.130. The van der Waals surface area contributed by atoms with Crippen molar-refractivity contribution in [2.45, 2.75) is 25.8 Å². The van der Waals surface area contributed by atoms with Crippen molar-refractivity contribution < 1.29 is 14.7 Å². The summed E-state index contributed by atoms with van der Waals surface area (Å²) in [6, 6.07) is 10.3. The topological polar surface area (TPSA) is 82.0 Å². The maximum Gasteiger partial charge on any atom is 0.346 e. The Morgan fingerprint density at radius 3 is 2.70 bits per heavy atom. The molecule has 6 heteroatoms. The lowest BCUT2D eigenvalue weighted by Crippen LogP contribution is -2.42. The summed E-state index contributed by atoms with van der Waals surface area (Å²) < 4.78 is 0. The first-order valence-corrected chi connectivity index (χ1v) is 7.37. The highest BCUT2D eigenvalue weighted by molar-refractivity contribution is 6.08. The van der Waals surface area contributed by atoms with E-state index in [-0.39, 0.29) is 5.75 Å². The van der Waals surface area contributed by atoms with Gasteiger partial charge in [0.15, 0.2) is 0 Å². The minimum atomic E-state index is -0.935. The van der Waals surface area contributed by atoms with Crippen LogP contribution in [0, 0.1) is 0 Å². The van der Waals surface area contributed by atoms with Crippen LogP contribution in [0.1, 0.15) is 25.8 Å². The zero-order chi connectivity index (χ0) is 16.6. The Labute approximate surface area is 133 Å². The molecule has 1 atom stereocenters. The van der Waals surface area contributed by atoms with Crippen LogP contribution < -0.4 is 5.32 Å². The molecule has 0 saturated carbocycles. The fourth-order valence-electron chi connectivity index (χ4n) is 2.55. The Kier molecular flexibility index (Phi) is 3.52. The van der Waals surface area contributed by atoms with Gasteiger partial charge in [0.25, 0.3) is 5.91 Å². The molecule has 1 unspecified atom stereocenters. The molecular formula is C17H17N3O3. The van der Waals surface area contributed by atoms with Gasteiger partial charge in [0.1, 0.15) is 11.3 Å². The molecule has 3 amide bonds. The van der Waals surface area contributed by atoms with E-state index in [0.717, 1.165) is 15.8 Å². The van der Waals surface area contributed by atoms with Gasteiger partial charge in [0, 0.05) is 5.56 Å². The third-order valence-corrected chi connectivity index (χ3v) is 4.20. The highest BCUT2D eigenvalue weighted by Gasteiger charge is 2.46. The van der Waals surface area contributed by atoms with Crippen LogP contribution in [0.3, 0.4) is 0 Å². The molecule has 1 heterocycles. The van der Waals surface area contributed by atoms with Crippen molar-refractivity contribution in [2.24, 2.45) is 5.10 Å². The Morgan fingerprint density at radius 2 is 2.00 bits per heavy atom. The van der Waals surface area contributed by atoms with Gasteiger partial charge in [-0.1, -0.05) is 37.3 Å². The molecule has 0 spiro atoms. The number of phenols is 1. The number of hydrogen-bond donors (Lipinski definition) is 2. The van der Waals surface area contributed by atoms with Crippen LogP contribution >= 0.6 is 0 Å². The number of fused-ring (bicyclic) bond motifs is 1. The number of hydrogen-bond acceptors (Lipinski definition) is 4. The van der Waals surface area contributed by atoms with Crippen LogP contribution in [0.2, 0.25) is 0 Å². The van der Waals surface area contributed by atoms with E-state index in [0.29, 0.717) is 12.0 Å². The van der Waals surface area contributed by atoms with Crippen molar-refractivity contribution in [1.82, 2.24) is 10.3 Å². The van der Waals surface area contributed by atoms with E-state index in [9.17, 15) is 14.7 Å². The smallest absolute Gasteiger partial charge is 0.346 e. The second-order valence-electron chi connectivity index (χ2n) is 5.70. The maximum absolute atomic E-state index is 12.3. The lowest BCUT2D eigenvalue weighted by Gasteiger charge is -2.17. The summed E-state index contributed by atoms with van der Waals surface area (Å²) in [7, 11) is 0. The maximum atomic E-state index is 12.3. The van der Waals surface area contributed by atoms with Gasteiger partial charge in [-0.25, -0.2) is 4.79 Å². The molecule has 1 aliphatic rings. The van der Waals surface area contributed by atoms with Crippen molar-refractivity contribution >= 4 is 28.9 Å². The van der Waals surface area contributed by atoms with E-state index < -0.39 is 17.5 Å². The molecule has 118 valence electrons. The average molecular weight is 311 g/mol. The predicted octanol–water partition coefficient (Wildman–Crippen LogP) is 2.60. The third kappa shape index (κ3) is 2.42. The second kappa shape index (κ2) is 5.39. The molecule has 23 heavy (non-hydrogen) atoms. The zero-order valence-electron chi connectivity index (χ0n) is 12.9. The minimum absolute atomic E-state index is 0.0396. The van der Waals surface area contributed by atoms with Gasteiger partial charge in [0.2, 0.25) is 0 Å². The van der Waals surface area contributed by atoms with Gasteiger partial charge < -0.3 is 10.4 Å². The molecule has 1 saturated heterocycles. The molecule has 0 aromatic heterocycles. The van der Waals surface area contributed by atoms with Gasteiger partial charge in [-0.15, -0.1) is 5.01 Å². The Morgan fingerprint density at radius 1 is 1.26 bits per heavy atom. The number of nitrogens with zero attached hydrogens (tertiary/aromatic N) is 2. The van der Waals surface area contributed by atoms with E-state index in [1.807, 2.05) is 31.2 Å². The highest BCUT2D eigenvalue weighted by atomic mass is 16.3. The molecule has 2 N–H and O–H groups in total. The average Bonchev–Trinajstić information content (AvgIpc) is 2.77. The second-order valence-corrected chi connectivity index (χ2v) is 5.70. The summed E-state index contributed by atoms with van der Waals surface area (Å²) in [4.78, 5) is 24.3. The number of imide groups is 1. The van der Waals surface area contributed by atoms with Gasteiger partial charge in [-0.3, -0.25) is 4.79 Å². The first-order chi connectivity index (χ1) is 11.0. The van der Waals surface area contributed by atoms with Crippen LogP contribution in [-0.2, 0) is 4.79 Å². The van der Waals surface area contributed by atoms with Crippen molar-refractivity contribution in [2.75, 3.05) is 0 Å². The fraction of sp³-hybridized carbons (Fsp3) is 0.235. The molecule has 2 aromatic rings. The largest absolute Gasteiger partial charge is 0.507 e. The normalized spacial score (nSPS) is 21.4. The molecule has 3 rings (SSSR count). The number of nitrogens with one attached hydrogen (secondary N) is 1. The molecular weight excluding hydrogens is 294 g/mol. The van der Waals surface area contributed by atoms with Crippen molar-refractivity contribution in [3.05, 3.63) is 42.0 Å². The van der Waals surface area contributed by atoms with Crippen LogP contribution in [0.5, 0.6) is 5.75 Å². The van der Waals surface area contributed by atoms with Crippen molar-refractivity contribution in [3.8, 4) is 5.75 Å². The lowest BCUT2D eigenvalue weighted by atomic mass is 10.00. The number of benzene rings is 2. The Hall–Kier alpha value is -2.89. The number of urea groups is 1. The Bertz CT molecular complexity index is 831. The number of amides is 3. The van der Waals surface area contributed by atoms with E-state index >= 15 is 0 Å². The summed E-state index contributed by atoms with van der Waals surface area (Å²) in [6.07, 6.45) is 1.82. The highest BCUT2D eigenvalue weighted by Crippen LogP contribution is 2.26. The summed E-state index contributed by atoms with van der Waals surface area (Å²) in [5.41, 5.74) is -0.469. The molecule has 1 fully saturated rings. The Balaban J connectivity index is 2.00. The molecule has 6 nitrogen and oxygen atoms in total. The minimum Gasteiger partial charge on any atom is -0.507 e. The van der Waals surface area contributed by atoms with Gasteiger partial charge in [-0.2, -0.15) is 5.10 Å². The van der Waals surface area contributed by atoms with E-state index in [1.54, 1.807) is 19.1 Å². The van der Waals surface area contributed by atoms with Crippen LogP contribution in [0.25, 0.3) is 10.8 Å². The number of phenolic OH excluding ortho intramolecular Hbond substituents is 1. The SMILES string of the molecule is CCC1(C)NC(=O)N(/N=C/c2c(O)ccc3ccccc23)C1=O. The summed E-state index contributed by atoms with van der Waals surface area (Å²) >= 11 is 0. The zero-order valence-corrected chi connectivity index (χ0v) is 12.9. The number of hydrazone groups is 1. The number of rotatable bonds is 3. The van der Waals surface area contributed by atoms with Gasteiger partial charge in [-0.05, 0) is 30.2 Å². The van der Waals surface area contributed by atoms with E-state index in [1.165, 1.54) is 6.21 Å². The van der Waals surface area contributed by atoms with Crippen LogP contribution in [-0.4, -0.2) is 33.8 Å². The van der Waals surface area contributed by atoms with E-state index in [4.69, 9.17) is 0 Å². The third-order valence-electron chi connectivity index (χ3n) is 4.20. The van der Waals surface area contributed by atoms with Crippen LogP contribution in [0.15, 0.2) is 41.5 Å². The van der Waals surface area contributed by atoms with Gasteiger partial charge in [0.05, 0.1) is 6.21 Å². The molecule has 0 radical (unpaired) electrons. The standard InChI is InChI=1S/C17H17N3O3/c1-3-17(2)15(22)20(16(23)19-17)18-10-13-12-7-5-4-6-11(12)8-9-14(13)21/h4-10,21H,3H2,1-2H3,(H,19,23)/b18-10+. The predicted molar refractivity (Wildman–Crippen MR) is 87.3 cm³/mol. The van der Waals surface area contributed by atoms with Crippen LogP contribution in [0.4, 0.5) is 4.79 Å².